The molecule has 1 N–H and O–H groups in total. The van der Waals surface area contributed by atoms with E-state index >= 15 is 0 Å². The Hall–Kier alpha value is -3.49. The summed E-state index contributed by atoms with van der Waals surface area (Å²) >= 11 is 0. The molecule has 1 aliphatic heterocycles. The zero-order chi connectivity index (χ0) is 23.0. The van der Waals surface area contributed by atoms with Crippen LogP contribution in [0.4, 0.5) is 5.69 Å². The van der Waals surface area contributed by atoms with Crippen LogP contribution in [0.2, 0.25) is 0 Å². The first-order valence-corrected chi connectivity index (χ1v) is 10.6. The zero-order valence-corrected chi connectivity index (χ0v) is 17.9. The monoisotopic (exact) mass is 440 g/mol. The number of hydrogen-bond donors (Lipinski definition) is 1. The van der Waals surface area contributed by atoms with E-state index in [-0.39, 0.29) is 41.7 Å². The van der Waals surface area contributed by atoms with Crippen LogP contribution in [0.5, 0.6) is 0 Å². The minimum atomic E-state index is -1.04. The first-order valence-electron chi connectivity index (χ1n) is 10.6. The van der Waals surface area contributed by atoms with Gasteiger partial charge in [0.15, 0.2) is 0 Å². The number of fused-ring (bicyclic) bond motifs is 2. The fourth-order valence-electron chi connectivity index (χ4n) is 4.57. The number of carbonyl (C=O) groups is 4. The van der Waals surface area contributed by atoms with E-state index in [1.54, 1.807) is 12.1 Å². The van der Waals surface area contributed by atoms with Crippen molar-refractivity contribution < 1.29 is 28.3 Å². The predicted octanol–water partition coefficient (Wildman–Crippen LogP) is 2.36. The molecule has 0 radical (unpaired) electrons. The van der Waals surface area contributed by atoms with Gasteiger partial charge in [-0.05, 0) is 31.9 Å². The van der Waals surface area contributed by atoms with Crippen LogP contribution in [0.3, 0.4) is 0 Å². The standard InChI is InChI=1S/C23H24N2O7/c1-12(25-21(28)17-5-3-4-6-18(17)22(25)29)23(30)31-11-14-9-20(27)32-19-10-15(24-13(2)26)7-8-16(14)19/h7-10,12,17-18H,3-6,11H2,1-2H3,(H,24,26)/t12-,17-,18-/m0/s1. The lowest BCUT2D eigenvalue weighted by molar-refractivity contribution is -0.159. The Labute approximate surface area is 183 Å². The third-order valence-corrected chi connectivity index (χ3v) is 6.12. The summed E-state index contributed by atoms with van der Waals surface area (Å²) in [6, 6.07) is 4.97. The molecule has 9 nitrogen and oxygen atoms in total. The second-order valence-electron chi connectivity index (χ2n) is 8.31. The Morgan fingerprint density at radius 3 is 2.41 bits per heavy atom. The number of carbonyl (C=O) groups excluding carboxylic acids is 4. The van der Waals surface area contributed by atoms with Gasteiger partial charge in [-0.2, -0.15) is 0 Å². The van der Waals surface area contributed by atoms with E-state index in [1.165, 1.54) is 26.0 Å². The van der Waals surface area contributed by atoms with Gasteiger partial charge in [-0.3, -0.25) is 19.3 Å². The molecule has 9 heteroatoms. The van der Waals surface area contributed by atoms with Gasteiger partial charge < -0.3 is 14.5 Å². The van der Waals surface area contributed by atoms with Crippen LogP contribution in [-0.2, 0) is 30.5 Å². The maximum atomic E-state index is 12.7. The summed E-state index contributed by atoms with van der Waals surface area (Å²) in [4.78, 5) is 62.4. The Morgan fingerprint density at radius 2 is 1.78 bits per heavy atom. The number of nitrogens with zero attached hydrogens (tertiary/aromatic N) is 1. The Bertz CT molecular complexity index is 1140. The molecule has 0 bridgehead atoms. The van der Waals surface area contributed by atoms with E-state index < -0.39 is 17.6 Å². The zero-order valence-electron chi connectivity index (χ0n) is 17.9. The van der Waals surface area contributed by atoms with Crippen LogP contribution in [0.15, 0.2) is 33.5 Å². The van der Waals surface area contributed by atoms with Gasteiger partial charge in [-0.25, -0.2) is 9.59 Å². The van der Waals surface area contributed by atoms with Crippen LogP contribution in [0.1, 0.15) is 45.1 Å². The first kappa shape index (κ1) is 21.7. The highest BCUT2D eigenvalue weighted by molar-refractivity contribution is 6.07. The Balaban J connectivity index is 1.50. The first-order chi connectivity index (χ1) is 15.3. The molecule has 3 atom stereocenters. The van der Waals surface area contributed by atoms with Gasteiger partial charge in [0, 0.05) is 35.7 Å². The highest BCUT2D eigenvalue weighted by Crippen LogP contribution is 2.39. The fraction of sp³-hybridized carbons (Fsp3) is 0.435. The van der Waals surface area contributed by atoms with Gasteiger partial charge in [-0.15, -0.1) is 0 Å². The number of anilines is 1. The largest absolute Gasteiger partial charge is 0.459 e. The summed E-state index contributed by atoms with van der Waals surface area (Å²) < 4.78 is 10.6. The summed E-state index contributed by atoms with van der Waals surface area (Å²) in [5, 5.41) is 3.15. The Kier molecular flexibility index (Phi) is 5.82. The summed E-state index contributed by atoms with van der Waals surface area (Å²) in [6.07, 6.45) is 3.14. The molecular weight excluding hydrogens is 416 g/mol. The second-order valence-corrected chi connectivity index (χ2v) is 8.31. The number of nitrogens with one attached hydrogen (secondary N) is 1. The predicted molar refractivity (Wildman–Crippen MR) is 113 cm³/mol. The van der Waals surface area contributed by atoms with Crippen LogP contribution in [-0.4, -0.2) is 34.6 Å². The number of hydrogen-bond acceptors (Lipinski definition) is 7. The van der Waals surface area contributed by atoms with Gasteiger partial charge in [0.1, 0.15) is 18.2 Å². The number of ether oxygens (including phenoxy) is 1. The van der Waals surface area contributed by atoms with E-state index in [2.05, 4.69) is 5.32 Å². The third kappa shape index (κ3) is 4.02. The van der Waals surface area contributed by atoms with Crippen molar-refractivity contribution in [3.05, 3.63) is 40.2 Å². The topological polar surface area (TPSA) is 123 Å². The molecule has 1 saturated heterocycles. The van der Waals surface area contributed by atoms with E-state index in [9.17, 15) is 24.0 Å². The number of likely N-dealkylation sites (tertiary alicyclic amines) is 1. The molecular formula is C23H24N2O7. The number of rotatable bonds is 5. The number of esters is 1. The quantitative estimate of drug-likeness (QED) is 0.430. The summed E-state index contributed by atoms with van der Waals surface area (Å²) in [5.74, 6) is -2.28. The molecule has 3 amide bonds. The van der Waals surface area contributed by atoms with Crippen molar-refractivity contribution in [3.63, 3.8) is 0 Å². The van der Waals surface area contributed by atoms with Crippen molar-refractivity contribution in [1.29, 1.82) is 0 Å². The molecule has 168 valence electrons. The lowest BCUT2D eigenvalue weighted by Gasteiger charge is -2.21. The number of imide groups is 1. The Morgan fingerprint density at radius 1 is 1.12 bits per heavy atom. The second kappa shape index (κ2) is 8.57. The van der Waals surface area contributed by atoms with E-state index in [4.69, 9.17) is 9.15 Å². The highest BCUT2D eigenvalue weighted by atomic mass is 16.5. The molecule has 0 unspecified atom stereocenters. The van der Waals surface area contributed by atoms with Gasteiger partial charge in [0.2, 0.25) is 17.7 Å². The molecule has 1 aromatic heterocycles. The molecule has 0 spiro atoms. The molecule has 1 saturated carbocycles. The molecule has 1 aromatic carbocycles. The minimum absolute atomic E-state index is 0.228. The fourth-order valence-corrected chi connectivity index (χ4v) is 4.57. The molecule has 1 aliphatic carbocycles. The molecule has 4 rings (SSSR count). The molecule has 2 heterocycles. The lowest BCUT2D eigenvalue weighted by Crippen LogP contribution is -2.44. The van der Waals surface area contributed by atoms with Crippen molar-refractivity contribution in [1.82, 2.24) is 4.90 Å². The smallest absolute Gasteiger partial charge is 0.336 e. The average Bonchev–Trinajstić information content (AvgIpc) is 3.01. The van der Waals surface area contributed by atoms with E-state index in [0.29, 0.717) is 29.5 Å². The minimum Gasteiger partial charge on any atom is -0.459 e. The molecule has 2 fully saturated rings. The van der Waals surface area contributed by atoms with Crippen molar-refractivity contribution in [2.45, 2.75) is 52.2 Å². The summed E-state index contributed by atoms with van der Waals surface area (Å²) in [7, 11) is 0. The maximum absolute atomic E-state index is 12.7. The van der Waals surface area contributed by atoms with Gasteiger partial charge in [0.05, 0.1) is 11.8 Å². The van der Waals surface area contributed by atoms with Crippen LogP contribution in [0.25, 0.3) is 11.0 Å². The average molecular weight is 440 g/mol. The number of benzene rings is 1. The normalized spacial score (nSPS) is 21.4. The molecule has 2 aromatic rings. The van der Waals surface area contributed by atoms with Crippen molar-refractivity contribution in [2.24, 2.45) is 11.8 Å². The van der Waals surface area contributed by atoms with Crippen molar-refractivity contribution in [2.75, 3.05) is 5.32 Å². The van der Waals surface area contributed by atoms with E-state index in [1.807, 2.05) is 0 Å². The SMILES string of the molecule is CC(=O)Nc1ccc2c(COC(=O)[C@H](C)N3C(=O)[C@H]4CCCC[C@@H]4C3=O)cc(=O)oc2c1. The number of amides is 3. The van der Waals surface area contributed by atoms with Crippen LogP contribution < -0.4 is 10.9 Å². The lowest BCUT2D eigenvalue weighted by atomic mass is 9.81. The molecule has 32 heavy (non-hydrogen) atoms. The molecule has 2 aliphatic rings. The van der Waals surface area contributed by atoms with Gasteiger partial charge in [0.25, 0.3) is 0 Å². The third-order valence-electron chi connectivity index (χ3n) is 6.12. The maximum Gasteiger partial charge on any atom is 0.336 e. The van der Waals surface area contributed by atoms with E-state index in [0.717, 1.165) is 17.7 Å². The summed E-state index contributed by atoms with van der Waals surface area (Å²) in [6.45, 7) is 2.61. The van der Waals surface area contributed by atoms with Crippen LogP contribution >= 0.6 is 0 Å². The van der Waals surface area contributed by atoms with Crippen molar-refractivity contribution >= 4 is 40.3 Å². The highest BCUT2D eigenvalue weighted by Gasteiger charge is 2.51. The van der Waals surface area contributed by atoms with Crippen LogP contribution in [0, 0.1) is 11.8 Å². The van der Waals surface area contributed by atoms with Gasteiger partial charge >= 0.3 is 11.6 Å². The van der Waals surface area contributed by atoms with Gasteiger partial charge in [-0.1, -0.05) is 12.8 Å². The summed E-state index contributed by atoms with van der Waals surface area (Å²) in [5.41, 5.74) is 0.477. The van der Waals surface area contributed by atoms with Crippen molar-refractivity contribution in [3.8, 4) is 0 Å².